The SMILES string of the molecule is Cc1cc(N(C)Cc2csc(C)n2)c2ccccc2n1. The number of hydrogen-bond donors (Lipinski definition) is 0. The number of thiazole rings is 1. The minimum absolute atomic E-state index is 0.817. The second kappa shape index (κ2) is 5.21. The van der Waals surface area contributed by atoms with E-state index in [0.717, 1.165) is 28.5 Å². The van der Waals surface area contributed by atoms with E-state index in [1.165, 1.54) is 11.1 Å². The molecule has 20 heavy (non-hydrogen) atoms. The zero-order valence-electron chi connectivity index (χ0n) is 11.9. The molecule has 0 saturated carbocycles. The zero-order chi connectivity index (χ0) is 14.1. The summed E-state index contributed by atoms with van der Waals surface area (Å²) in [6.07, 6.45) is 0. The summed E-state index contributed by atoms with van der Waals surface area (Å²) in [6.45, 7) is 4.90. The van der Waals surface area contributed by atoms with Gasteiger partial charge in [0, 0.05) is 29.2 Å². The van der Waals surface area contributed by atoms with E-state index in [0.29, 0.717) is 0 Å². The second-order valence-electron chi connectivity index (χ2n) is 5.01. The number of anilines is 1. The minimum Gasteiger partial charge on any atom is -0.368 e. The molecule has 2 aromatic heterocycles. The number of aryl methyl sites for hydroxylation is 2. The van der Waals surface area contributed by atoms with Crippen LogP contribution in [0.4, 0.5) is 5.69 Å². The maximum Gasteiger partial charge on any atom is 0.0898 e. The van der Waals surface area contributed by atoms with E-state index in [1.807, 2.05) is 19.9 Å². The fourth-order valence-corrected chi connectivity index (χ4v) is 3.01. The molecule has 0 radical (unpaired) electrons. The Labute approximate surface area is 122 Å². The maximum absolute atomic E-state index is 4.59. The third-order valence-corrected chi connectivity index (χ3v) is 4.12. The van der Waals surface area contributed by atoms with Gasteiger partial charge in [0.1, 0.15) is 0 Å². The number of benzene rings is 1. The van der Waals surface area contributed by atoms with Gasteiger partial charge in [-0.2, -0.15) is 0 Å². The minimum atomic E-state index is 0.817. The number of para-hydroxylation sites is 1. The topological polar surface area (TPSA) is 29.0 Å². The van der Waals surface area contributed by atoms with Crippen molar-refractivity contribution in [2.24, 2.45) is 0 Å². The maximum atomic E-state index is 4.59. The fraction of sp³-hybridized carbons (Fsp3) is 0.250. The Bertz CT molecular complexity index is 748. The normalized spacial score (nSPS) is 10.9. The second-order valence-corrected chi connectivity index (χ2v) is 6.08. The molecule has 3 nitrogen and oxygen atoms in total. The van der Waals surface area contributed by atoms with Gasteiger partial charge in [0.05, 0.1) is 22.8 Å². The van der Waals surface area contributed by atoms with Crippen molar-refractivity contribution in [3.05, 3.63) is 52.1 Å². The number of fused-ring (bicyclic) bond motifs is 1. The molecule has 0 saturated heterocycles. The lowest BCUT2D eigenvalue weighted by Crippen LogP contribution is -2.17. The van der Waals surface area contributed by atoms with Crippen LogP contribution in [0.2, 0.25) is 0 Å². The summed E-state index contributed by atoms with van der Waals surface area (Å²) in [5.74, 6) is 0. The zero-order valence-corrected chi connectivity index (χ0v) is 12.7. The molecular formula is C16H17N3S. The first-order valence-corrected chi connectivity index (χ1v) is 7.50. The summed E-state index contributed by atoms with van der Waals surface area (Å²) in [5, 5.41) is 4.43. The predicted molar refractivity (Wildman–Crippen MR) is 85.4 cm³/mol. The van der Waals surface area contributed by atoms with E-state index >= 15 is 0 Å². The van der Waals surface area contributed by atoms with Gasteiger partial charge in [-0.3, -0.25) is 4.98 Å². The lowest BCUT2D eigenvalue weighted by atomic mass is 10.1. The van der Waals surface area contributed by atoms with Gasteiger partial charge in [-0.1, -0.05) is 18.2 Å². The van der Waals surface area contributed by atoms with Crippen LogP contribution < -0.4 is 4.90 Å². The Kier molecular flexibility index (Phi) is 3.40. The van der Waals surface area contributed by atoms with Gasteiger partial charge in [0.2, 0.25) is 0 Å². The molecule has 0 N–H and O–H groups in total. The molecule has 3 aromatic rings. The Morgan fingerprint density at radius 3 is 2.70 bits per heavy atom. The monoisotopic (exact) mass is 283 g/mol. The highest BCUT2D eigenvalue weighted by molar-refractivity contribution is 7.09. The summed E-state index contributed by atoms with van der Waals surface area (Å²) in [5.41, 5.74) is 4.41. The first-order valence-electron chi connectivity index (χ1n) is 6.62. The highest BCUT2D eigenvalue weighted by atomic mass is 32.1. The summed E-state index contributed by atoms with van der Waals surface area (Å²) >= 11 is 1.70. The van der Waals surface area contributed by atoms with Gasteiger partial charge in [-0.25, -0.2) is 4.98 Å². The van der Waals surface area contributed by atoms with E-state index in [4.69, 9.17) is 0 Å². The van der Waals surface area contributed by atoms with Crippen molar-refractivity contribution >= 4 is 27.9 Å². The Morgan fingerprint density at radius 1 is 1.15 bits per heavy atom. The molecule has 3 rings (SSSR count). The third-order valence-electron chi connectivity index (χ3n) is 3.30. The molecule has 0 bridgehead atoms. The summed E-state index contributed by atoms with van der Waals surface area (Å²) < 4.78 is 0. The molecule has 0 atom stereocenters. The summed E-state index contributed by atoms with van der Waals surface area (Å²) in [7, 11) is 2.11. The van der Waals surface area contributed by atoms with Crippen LogP contribution in [0.1, 0.15) is 16.4 Å². The van der Waals surface area contributed by atoms with Crippen LogP contribution >= 0.6 is 11.3 Å². The standard InChI is InChI=1S/C16H17N3S/c1-11-8-16(14-6-4-5-7-15(14)17-11)19(3)9-13-10-20-12(2)18-13/h4-8,10H,9H2,1-3H3. The Balaban J connectivity index is 2.00. The van der Waals surface area contributed by atoms with Gasteiger partial charge in [0.15, 0.2) is 0 Å². The molecule has 0 fully saturated rings. The van der Waals surface area contributed by atoms with Gasteiger partial charge < -0.3 is 4.90 Å². The highest BCUT2D eigenvalue weighted by Gasteiger charge is 2.10. The number of pyridine rings is 1. The van der Waals surface area contributed by atoms with Crippen LogP contribution in [0.3, 0.4) is 0 Å². The first-order chi connectivity index (χ1) is 9.63. The number of nitrogens with zero attached hydrogens (tertiary/aromatic N) is 3. The number of aromatic nitrogens is 2. The molecule has 4 heteroatoms. The van der Waals surface area contributed by atoms with Crippen molar-refractivity contribution in [3.8, 4) is 0 Å². The molecular weight excluding hydrogens is 266 g/mol. The molecule has 0 aliphatic carbocycles. The van der Waals surface area contributed by atoms with Crippen molar-refractivity contribution < 1.29 is 0 Å². The van der Waals surface area contributed by atoms with Crippen molar-refractivity contribution in [2.45, 2.75) is 20.4 Å². The van der Waals surface area contributed by atoms with E-state index in [9.17, 15) is 0 Å². The Morgan fingerprint density at radius 2 is 1.95 bits per heavy atom. The molecule has 0 aliphatic rings. The van der Waals surface area contributed by atoms with Crippen molar-refractivity contribution in [3.63, 3.8) is 0 Å². The third kappa shape index (κ3) is 2.51. The predicted octanol–water partition coefficient (Wildman–Crippen LogP) is 3.94. The van der Waals surface area contributed by atoms with Crippen LogP contribution in [-0.4, -0.2) is 17.0 Å². The first kappa shape index (κ1) is 13.1. The van der Waals surface area contributed by atoms with Crippen LogP contribution in [0, 0.1) is 13.8 Å². The van der Waals surface area contributed by atoms with E-state index in [2.05, 4.69) is 51.6 Å². The van der Waals surface area contributed by atoms with Gasteiger partial charge >= 0.3 is 0 Å². The van der Waals surface area contributed by atoms with Gasteiger partial charge in [0.25, 0.3) is 0 Å². The van der Waals surface area contributed by atoms with E-state index in [1.54, 1.807) is 11.3 Å². The molecule has 0 amide bonds. The van der Waals surface area contributed by atoms with Crippen molar-refractivity contribution in [2.75, 3.05) is 11.9 Å². The van der Waals surface area contributed by atoms with Gasteiger partial charge in [-0.05, 0) is 26.0 Å². The fourth-order valence-electron chi connectivity index (χ4n) is 2.41. The van der Waals surface area contributed by atoms with Crippen molar-refractivity contribution in [1.82, 2.24) is 9.97 Å². The average Bonchev–Trinajstić information content (AvgIpc) is 2.83. The molecule has 0 unspecified atom stereocenters. The molecule has 0 spiro atoms. The quantitative estimate of drug-likeness (QED) is 0.729. The van der Waals surface area contributed by atoms with Gasteiger partial charge in [-0.15, -0.1) is 11.3 Å². The highest BCUT2D eigenvalue weighted by Crippen LogP contribution is 2.27. The molecule has 2 heterocycles. The van der Waals surface area contributed by atoms with Crippen LogP contribution in [0.25, 0.3) is 10.9 Å². The molecule has 102 valence electrons. The van der Waals surface area contributed by atoms with E-state index < -0.39 is 0 Å². The molecule has 1 aromatic carbocycles. The number of hydrogen-bond acceptors (Lipinski definition) is 4. The van der Waals surface area contributed by atoms with Crippen LogP contribution in [0.5, 0.6) is 0 Å². The van der Waals surface area contributed by atoms with Crippen LogP contribution in [-0.2, 0) is 6.54 Å². The lowest BCUT2D eigenvalue weighted by Gasteiger charge is -2.20. The average molecular weight is 283 g/mol. The smallest absolute Gasteiger partial charge is 0.0898 e. The lowest BCUT2D eigenvalue weighted by molar-refractivity contribution is 0.892. The summed E-state index contributed by atoms with van der Waals surface area (Å²) in [6, 6.07) is 10.4. The van der Waals surface area contributed by atoms with E-state index in [-0.39, 0.29) is 0 Å². The molecule has 0 aliphatic heterocycles. The number of rotatable bonds is 3. The van der Waals surface area contributed by atoms with Crippen molar-refractivity contribution in [1.29, 1.82) is 0 Å². The largest absolute Gasteiger partial charge is 0.368 e. The summed E-state index contributed by atoms with van der Waals surface area (Å²) in [4.78, 5) is 11.4. The Hall–Kier alpha value is -1.94. The van der Waals surface area contributed by atoms with Crippen LogP contribution in [0.15, 0.2) is 35.7 Å².